The molecule has 3 aromatic rings. The fraction of sp³-hybridized carbons (Fsp3) is 0.676. The first-order valence-corrected chi connectivity index (χ1v) is 35.4. The van der Waals surface area contributed by atoms with Crippen LogP contribution in [-0.2, 0) is 77.7 Å². The quantitative estimate of drug-likeness (QED) is 0.00793. The van der Waals surface area contributed by atoms with Crippen LogP contribution in [0.2, 0.25) is 0 Å². The largest absolute Gasteiger partial charge is 0.768 e. The number of esters is 3. The Labute approximate surface area is 587 Å². The van der Waals surface area contributed by atoms with Gasteiger partial charge in [-0.2, -0.15) is 0 Å². The first-order valence-electron chi connectivity index (χ1n) is 34.3. The van der Waals surface area contributed by atoms with E-state index in [1.807, 2.05) is 0 Å². The lowest BCUT2D eigenvalue weighted by Crippen LogP contribution is -2.83. The number of unbranched alkanes of at least 4 members (excludes halogenated alkanes) is 1. The molecule has 9 unspecified atom stereocenters. The van der Waals surface area contributed by atoms with Crippen molar-refractivity contribution < 1.29 is 111 Å². The summed E-state index contributed by atoms with van der Waals surface area (Å²) < 4.78 is 74.5. The second kappa shape index (κ2) is 36.4. The van der Waals surface area contributed by atoms with E-state index in [0.717, 1.165) is 0 Å². The van der Waals surface area contributed by atoms with Crippen LogP contribution < -0.4 is 27.2 Å². The van der Waals surface area contributed by atoms with Crippen LogP contribution in [0, 0.1) is 34.5 Å². The van der Waals surface area contributed by atoms with Crippen LogP contribution in [0.3, 0.4) is 0 Å². The van der Waals surface area contributed by atoms with Gasteiger partial charge in [0.15, 0.2) is 11.9 Å². The van der Waals surface area contributed by atoms with Crippen LogP contribution in [-0.4, -0.2) is 205 Å². The van der Waals surface area contributed by atoms with Crippen molar-refractivity contribution in [3.05, 3.63) is 102 Å². The molecule has 8 rings (SSSR count). The first kappa shape index (κ1) is 81.9. The highest BCUT2D eigenvalue weighted by Gasteiger charge is 2.78. The maximum absolute atomic E-state index is 15.2. The topological polar surface area (TPSA) is 424 Å². The highest BCUT2D eigenvalue weighted by molar-refractivity contribution is 7.79. The second-order valence-corrected chi connectivity index (χ2v) is 29.6. The molecule has 1 amide bonds. The number of hydrogen-bond donors (Lipinski definition) is 12. The lowest BCUT2D eigenvalue weighted by molar-refractivity contribution is -0.394. The van der Waals surface area contributed by atoms with Crippen molar-refractivity contribution in [2.75, 3.05) is 53.3 Å². The van der Waals surface area contributed by atoms with E-state index in [9.17, 15) is 63.7 Å². The zero-order valence-electron chi connectivity index (χ0n) is 58.9. The fourth-order valence-electron chi connectivity index (χ4n) is 15.1. The average molecular weight is 1430 g/mol. The molecule has 28 nitrogen and oxygen atoms in total. The van der Waals surface area contributed by atoms with Gasteiger partial charge in [-0.1, -0.05) is 100 Å². The molecule has 5 fully saturated rings. The third-order valence-corrected chi connectivity index (χ3v) is 21.2. The van der Waals surface area contributed by atoms with E-state index in [4.69, 9.17) is 48.5 Å². The van der Waals surface area contributed by atoms with E-state index in [2.05, 4.69) is 21.4 Å². The van der Waals surface area contributed by atoms with Crippen molar-refractivity contribution in [1.29, 1.82) is 0 Å². The number of methoxy groups -OCH3 is 1. The molecular formula is C71H106N5O23S-. The van der Waals surface area contributed by atoms with Crippen molar-refractivity contribution in [2.24, 2.45) is 40.3 Å². The molecular weight excluding hydrogens is 1320 g/mol. The highest BCUT2D eigenvalue weighted by atomic mass is 32.2. The van der Waals surface area contributed by atoms with Crippen LogP contribution in [0.25, 0.3) is 0 Å². The lowest BCUT2D eigenvalue weighted by atomic mass is 9.42. The Bertz CT molecular complexity index is 3140. The second-order valence-electron chi connectivity index (χ2n) is 28.6. The number of nitrogens with one attached hydrogen (secondary N) is 4. The average Bonchev–Trinajstić information content (AvgIpc) is 0.814. The number of aliphatic hydroxyl groups is 7. The van der Waals surface area contributed by atoms with Gasteiger partial charge in [-0.25, -0.2) is 4.79 Å². The summed E-state index contributed by atoms with van der Waals surface area (Å²) in [6, 6.07) is 20.6. The zero-order chi connectivity index (χ0) is 73.5. The summed E-state index contributed by atoms with van der Waals surface area (Å²) in [5.74, 6) is -0.971. The molecule has 21 atom stereocenters. The molecule has 0 aromatic heterocycles. The maximum atomic E-state index is 15.2. The minimum atomic E-state index is -2.34. The molecule has 1 aliphatic heterocycles. The van der Waals surface area contributed by atoms with Crippen molar-refractivity contribution >= 4 is 40.7 Å². The van der Waals surface area contributed by atoms with Gasteiger partial charge in [-0.15, -0.1) is 0 Å². The molecule has 5 aliphatic rings. The van der Waals surface area contributed by atoms with E-state index >= 15 is 4.79 Å². The van der Waals surface area contributed by atoms with Gasteiger partial charge in [0.1, 0.15) is 29.8 Å². The van der Waals surface area contributed by atoms with Crippen molar-refractivity contribution in [1.82, 2.24) is 21.4 Å². The summed E-state index contributed by atoms with van der Waals surface area (Å²) in [7, 11) is 1.60. The van der Waals surface area contributed by atoms with Gasteiger partial charge in [0, 0.05) is 79.0 Å². The van der Waals surface area contributed by atoms with Crippen LogP contribution in [0.5, 0.6) is 0 Å². The first-order chi connectivity index (χ1) is 47.2. The maximum Gasteiger partial charge on any atom is 0.349 e. The Hall–Kier alpha value is -5.36. The van der Waals surface area contributed by atoms with Gasteiger partial charge >= 0.3 is 17.9 Å². The third kappa shape index (κ3) is 19.9. The summed E-state index contributed by atoms with van der Waals surface area (Å²) in [4.78, 5) is 66.2. The molecule has 3 aromatic carbocycles. The van der Waals surface area contributed by atoms with E-state index in [-0.39, 0.29) is 42.1 Å². The molecule has 4 aliphatic carbocycles. The van der Waals surface area contributed by atoms with Gasteiger partial charge < -0.3 is 88.2 Å². The van der Waals surface area contributed by atoms with Crippen LogP contribution in [0.15, 0.2) is 89.8 Å². The fourth-order valence-corrected chi connectivity index (χ4v) is 15.5. The van der Waals surface area contributed by atoms with Gasteiger partial charge in [0.25, 0.3) is 0 Å². The molecule has 2 bridgehead atoms. The number of fused-ring (bicyclic) bond motifs is 5. The molecule has 0 radical (unpaired) electrons. The molecule has 29 heteroatoms. The van der Waals surface area contributed by atoms with Crippen LogP contribution >= 0.6 is 0 Å². The predicted molar refractivity (Wildman–Crippen MR) is 359 cm³/mol. The molecule has 0 spiro atoms. The SMILES string of the molecule is CC(=O)O[C@]12COC1C[C@@H](O)[C@@]1(C)[C@H]2[C@@H](OC(O)c2ccccc2)[C@@]2(O)C[C@@H](OC(=O)[C@@H](OC(=O)C3CCC(NN)C3)[C@H](NC(O)OC(C)(C)C)c3ccccc3)[C@H](C)C([C@H](O)[C@@H]1O)C2(C)C.COCCOCCOCCC(=O)NCCCCC(NC(O)c1ccc(S(=O)[O-])cc1)C(C)=O. The van der Waals surface area contributed by atoms with E-state index < -0.39 is 160 Å². The Morgan fingerprint density at radius 3 is 2.02 bits per heavy atom. The number of Topliss-reactive ketones (excluding diaryl/α,β-unsaturated/α-hetero) is 1. The lowest BCUT2D eigenvalue weighted by Gasteiger charge is -2.70. The summed E-state index contributed by atoms with van der Waals surface area (Å²) in [6.45, 7) is 17.0. The molecule has 4 saturated carbocycles. The van der Waals surface area contributed by atoms with E-state index in [1.165, 1.54) is 38.1 Å². The number of ether oxygens (including phenoxy) is 9. The number of ketones is 1. The van der Waals surface area contributed by atoms with Crippen molar-refractivity contribution in [3.8, 4) is 0 Å². The van der Waals surface area contributed by atoms with Gasteiger partial charge in [0.2, 0.25) is 18.4 Å². The Kier molecular flexibility index (Phi) is 29.8. The third-order valence-electron chi connectivity index (χ3n) is 20.6. The van der Waals surface area contributed by atoms with Gasteiger partial charge in [-0.3, -0.25) is 45.3 Å². The number of hydrogen-bond acceptors (Lipinski definition) is 27. The summed E-state index contributed by atoms with van der Waals surface area (Å²) in [5, 5.41) is 93.3. The van der Waals surface area contributed by atoms with Crippen molar-refractivity contribution in [2.45, 2.75) is 222 Å². The Morgan fingerprint density at radius 2 is 1.45 bits per heavy atom. The summed E-state index contributed by atoms with van der Waals surface area (Å²) in [6.07, 6.45) is -12.1. The van der Waals surface area contributed by atoms with E-state index in [0.29, 0.717) is 94.8 Å². The zero-order valence-corrected chi connectivity index (χ0v) is 59.7. The normalized spacial score (nSPS) is 30.4. The number of carbonyl (C=O) groups is 5. The minimum Gasteiger partial charge on any atom is -0.768 e. The predicted octanol–water partition coefficient (Wildman–Crippen LogP) is 3.00. The molecule has 1 heterocycles. The molecule has 560 valence electrons. The molecule has 13 N–H and O–H groups in total. The number of nitrogens with two attached hydrogens (primary N) is 1. The summed E-state index contributed by atoms with van der Waals surface area (Å²) >= 11 is -2.34. The number of aliphatic hydroxyl groups excluding tert-OH is 6. The number of amides is 1. The Balaban J connectivity index is 0.000000358. The van der Waals surface area contributed by atoms with Gasteiger partial charge in [-0.05, 0) is 106 Å². The highest BCUT2D eigenvalue weighted by Crippen LogP contribution is 2.66. The monoisotopic (exact) mass is 1430 g/mol. The number of carbonyl (C=O) groups excluding carboxylic acids is 5. The Morgan fingerprint density at radius 1 is 0.820 bits per heavy atom. The number of hydrazine groups is 1. The molecule has 1 saturated heterocycles. The number of rotatable bonds is 33. The summed E-state index contributed by atoms with van der Waals surface area (Å²) in [5.41, 5.74) is -4.08. The smallest absolute Gasteiger partial charge is 0.349 e. The van der Waals surface area contributed by atoms with Crippen LogP contribution in [0.1, 0.15) is 155 Å². The number of benzene rings is 3. The van der Waals surface area contributed by atoms with Crippen molar-refractivity contribution in [3.63, 3.8) is 0 Å². The molecule has 100 heavy (non-hydrogen) atoms. The van der Waals surface area contributed by atoms with E-state index in [1.54, 1.807) is 116 Å². The van der Waals surface area contributed by atoms with Gasteiger partial charge in [0.05, 0.1) is 87.7 Å². The standard InChI is InChI=1S/C49H71N3O15.C22H36N2O8S/c1-25-31(63-43(59)37(64-42(58)29-19-20-30(21-29)52-50)35(27-15-11-9-12-16-27)51-44(60)67-45(3,4)5)23-49(61)40(65-41(57)28-17-13-10-14-18-28)38-47(8,39(56)36(55)34(25)46(49,6)7)32(54)22-33-48(38,24-62-33)66-26(2)53;1-17(25)20(24-22(27)18-6-8-19(9-7-18)33(28)29)5-3-4-11-23-21(26)10-12-31-15-16-32-14-13-30-2/h9-18,25,29-41,44,51-52,54-57,60-61H,19-24,50H2,1-8H3;6-9,20,22,24,27H,3-5,10-16H2,1-2H3,(H,23,26)(H,28,29)/p-1/t25-,29?,30?,31+,32+,33?,34?,35+,36-,37-,38+,39-,40+,41?,44?,47-,48+,49-;/m0./s1. The van der Waals surface area contributed by atoms with Crippen LogP contribution in [0.4, 0.5) is 0 Å². The minimum absolute atomic E-state index is 0.100.